The summed E-state index contributed by atoms with van der Waals surface area (Å²) >= 11 is 0. The Labute approximate surface area is 77.6 Å². The van der Waals surface area contributed by atoms with Gasteiger partial charge < -0.3 is 5.11 Å². The Balaban J connectivity index is 0.000000226. The molecule has 0 bridgehead atoms. The summed E-state index contributed by atoms with van der Waals surface area (Å²) in [6.45, 7) is 2.48. The molecule has 4 heteroatoms. The second-order valence-electron chi connectivity index (χ2n) is 2.62. The van der Waals surface area contributed by atoms with Crippen LogP contribution in [0.25, 0.3) is 0 Å². The second kappa shape index (κ2) is 7.49. The van der Waals surface area contributed by atoms with E-state index in [1.54, 1.807) is 0 Å². The lowest BCUT2D eigenvalue weighted by Gasteiger charge is -1.85. The summed E-state index contributed by atoms with van der Waals surface area (Å²) in [7, 11) is 0. The molecule has 4 nitrogen and oxygen atoms in total. The molecule has 0 aromatic rings. The van der Waals surface area contributed by atoms with Crippen LogP contribution in [0.15, 0.2) is 12.2 Å². The van der Waals surface area contributed by atoms with Gasteiger partial charge in [-0.15, -0.1) is 0 Å². The van der Waals surface area contributed by atoms with Crippen LogP contribution < -0.4 is 5.32 Å². The Morgan fingerprint density at radius 3 is 1.92 bits per heavy atom. The Bertz CT molecular complexity index is 179. The predicted molar refractivity (Wildman–Crippen MR) is 48.9 cm³/mol. The number of hydrogen-bond acceptors (Lipinski definition) is 3. The van der Waals surface area contributed by atoms with Crippen LogP contribution in [0.4, 0.5) is 0 Å². The summed E-state index contributed by atoms with van der Waals surface area (Å²) in [6, 6.07) is 0. The van der Waals surface area contributed by atoms with Crippen molar-refractivity contribution in [3.8, 4) is 0 Å². The van der Waals surface area contributed by atoms with Crippen molar-refractivity contribution in [2.45, 2.75) is 26.2 Å². The molecule has 0 spiro atoms. The van der Waals surface area contributed by atoms with Gasteiger partial charge in [0.25, 0.3) is 11.8 Å². The summed E-state index contributed by atoms with van der Waals surface area (Å²) < 4.78 is 0. The van der Waals surface area contributed by atoms with Crippen LogP contribution in [0.2, 0.25) is 0 Å². The van der Waals surface area contributed by atoms with Crippen LogP contribution in [0.1, 0.15) is 26.2 Å². The first kappa shape index (κ1) is 11.8. The van der Waals surface area contributed by atoms with Gasteiger partial charge in [-0.2, -0.15) is 0 Å². The third kappa shape index (κ3) is 7.21. The lowest BCUT2D eigenvalue weighted by molar-refractivity contribution is -0.123. The van der Waals surface area contributed by atoms with Gasteiger partial charge >= 0.3 is 0 Å². The van der Waals surface area contributed by atoms with E-state index < -0.39 is 0 Å². The fraction of sp³-hybridized carbons (Fsp3) is 0.556. The van der Waals surface area contributed by atoms with Gasteiger partial charge in [-0.25, -0.2) is 0 Å². The molecule has 0 aromatic carbocycles. The van der Waals surface area contributed by atoms with E-state index in [-0.39, 0.29) is 11.8 Å². The van der Waals surface area contributed by atoms with Gasteiger partial charge in [-0.3, -0.25) is 14.9 Å². The maximum atomic E-state index is 10.0. The van der Waals surface area contributed by atoms with Gasteiger partial charge in [0.05, 0.1) is 0 Å². The molecule has 2 amide bonds. The summed E-state index contributed by atoms with van der Waals surface area (Å²) in [5.74, 6) is -0.657. The number of unbranched alkanes of at least 4 members (excludes halogenated alkanes) is 2. The van der Waals surface area contributed by atoms with Crippen molar-refractivity contribution in [3.05, 3.63) is 12.2 Å². The van der Waals surface area contributed by atoms with Gasteiger partial charge in [0, 0.05) is 18.8 Å². The third-order valence-corrected chi connectivity index (χ3v) is 1.39. The van der Waals surface area contributed by atoms with Crippen molar-refractivity contribution in [1.82, 2.24) is 5.32 Å². The molecule has 0 radical (unpaired) electrons. The Morgan fingerprint density at radius 2 is 1.77 bits per heavy atom. The Hall–Kier alpha value is -1.16. The highest BCUT2D eigenvalue weighted by atomic mass is 16.3. The Kier molecular flexibility index (Phi) is 6.82. The molecular weight excluding hydrogens is 170 g/mol. The summed E-state index contributed by atoms with van der Waals surface area (Å²) in [5.41, 5.74) is 0. The minimum Gasteiger partial charge on any atom is -0.396 e. The second-order valence-corrected chi connectivity index (χ2v) is 2.62. The first-order valence-electron chi connectivity index (χ1n) is 4.34. The minimum absolute atomic E-state index is 0.329. The fourth-order valence-corrected chi connectivity index (χ4v) is 0.718. The Morgan fingerprint density at radius 1 is 1.23 bits per heavy atom. The molecule has 1 aliphatic heterocycles. The lowest BCUT2D eigenvalue weighted by Crippen LogP contribution is -2.19. The molecule has 0 aliphatic carbocycles. The molecule has 0 saturated heterocycles. The van der Waals surface area contributed by atoms with Crippen LogP contribution in [-0.4, -0.2) is 23.5 Å². The van der Waals surface area contributed by atoms with E-state index in [4.69, 9.17) is 5.11 Å². The number of amides is 2. The van der Waals surface area contributed by atoms with Gasteiger partial charge in [-0.05, 0) is 6.42 Å². The van der Waals surface area contributed by atoms with E-state index in [1.807, 2.05) is 5.32 Å². The molecule has 13 heavy (non-hydrogen) atoms. The maximum absolute atomic E-state index is 10.0. The molecule has 0 aromatic heterocycles. The van der Waals surface area contributed by atoms with E-state index in [9.17, 15) is 9.59 Å². The number of carbonyl (C=O) groups is 2. The molecule has 1 heterocycles. The summed E-state index contributed by atoms with van der Waals surface area (Å²) in [6.07, 6.45) is 5.72. The molecule has 0 fully saturated rings. The van der Waals surface area contributed by atoms with Crippen molar-refractivity contribution in [3.63, 3.8) is 0 Å². The van der Waals surface area contributed by atoms with Crippen molar-refractivity contribution >= 4 is 11.8 Å². The molecule has 0 saturated carbocycles. The standard InChI is InChI=1S/C5H12O.C4H3NO2/c1-2-3-4-5-6;6-3-1-2-4(7)5-3/h6H,2-5H2,1H3;1-2H,(H,5,6,7). The van der Waals surface area contributed by atoms with E-state index in [0.29, 0.717) is 6.61 Å². The first-order valence-corrected chi connectivity index (χ1v) is 4.34. The zero-order valence-electron chi connectivity index (χ0n) is 7.75. The highest BCUT2D eigenvalue weighted by molar-refractivity contribution is 6.12. The molecule has 2 N–H and O–H groups in total. The van der Waals surface area contributed by atoms with Gasteiger partial charge in [0.1, 0.15) is 0 Å². The third-order valence-electron chi connectivity index (χ3n) is 1.39. The van der Waals surface area contributed by atoms with Crippen molar-refractivity contribution in [2.75, 3.05) is 6.61 Å². The average Bonchev–Trinajstić information content (AvgIpc) is 2.47. The van der Waals surface area contributed by atoms with E-state index >= 15 is 0 Å². The van der Waals surface area contributed by atoms with Crippen LogP contribution in [0.5, 0.6) is 0 Å². The highest BCUT2D eigenvalue weighted by Crippen LogP contribution is 1.89. The van der Waals surface area contributed by atoms with Gasteiger partial charge in [0.15, 0.2) is 0 Å². The highest BCUT2D eigenvalue weighted by Gasteiger charge is 2.06. The summed E-state index contributed by atoms with van der Waals surface area (Å²) in [5, 5.41) is 10.2. The van der Waals surface area contributed by atoms with Crippen LogP contribution >= 0.6 is 0 Å². The minimum atomic E-state index is -0.329. The zero-order chi connectivity index (χ0) is 10.1. The van der Waals surface area contributed by atoms with E-state index in [0.717, 1.165) is 12.8 Å². The quantitative estimate of drug-likeness (QED) is 0.493. The molecule has 74 valence electrons. The van der Waals surface area contributed by atoms with Crippen LogP contribution in [0.3, 0.4) is 0 Å². The number of aliphatic hydroxyl groups excluding tert-OH is 1. The van der Waals surface area contributed by atoms with Gasteiger partial charge in [-0.1, -0.05) is 19.8 Å². The van der Waals surface area contributed by atoms with Crippen LogP contribution in [-0.2, 0) is 9.59 Å². The van der Waals surface area contributed by atoms with Crippen LogP contribution in [0, 0.1) is 0 Å². The van der Waals surface area contributed by atoms with Gasteiger partial charge in [0.2, 0.25) is 0 Å². The SMILES string of the molecule is CCCCCO.O=C1C=CC(=O)N1. The number of hydrogen-bond donors (Lipinski definition) is 2. The largest absolute Gasteiger partial charge is 0.396 e. The number of carbonyl (C=O) groups excluding carboxylic acids is 2. The topological polar surface area (TPSA) is 66.4 Å². The normalized spacial score (nSPS) is 13.7. The predicted octanol–water partition coefficient (Wildman–Crippen LogP) is 0.368. The average molecular weight is 185 g/mol. The summed E-state index contributed by atoms with van der Waals surface area (Å²) in [4.78, 5) is 20.1. The molecule has 1 rings (SSSR count). The first-order chi connectivity index (χ1) is 6.20. The molecule has 0 unspecified atom stereocenters. The number of nitrogens with one attached hydrogen (secondary N) is 1. The molecule has 1 aliphatic rings. The number of aliphatic hydroxyl groups is 1. The molecule has 0 atom stereocenters. The lowest BCUT2D eigenvalue weighted by atomic mass is 10.3. The fourth-order valence-electron chi connectivity index (χ4n) is 0.718. The monoisotopic (exact) mass is 185 g/mol. The number of imide groups is 1. The molecular formula is C9H15NO3. The van der Waals surface area contributed by atoms with E-state index in [2.05, 4.69) is 6.92 Å². The van der Waals surface area contributed by atoms with Crippen molar-refractivity contribution in [1.29, 1.82) is 0 Å². The smallest absolute Gasteiger partial charge is 0.250 e. The zero-order valence-corrected chi connectivity index (χ0v) is 7.75. The maximum Gasteiger partial charge on any atom is 0.250 e. The number of rotatable bonds is 3. The van der Waals surface area contributed by atoms with Crippen molar-refractivity contribution in [2.24, 2.45) is 0 Å². The van der Waals surface area contributed by atoms with E-state index in [1.165, 1.54) is 18.6 Å². The van der Waals surface area contributed by atoms with Crippen molar-refractivity contribution < 1.29 is 14.7 Å².